The maximum absolute atomic E-state index is 14.7. The van der Waals surface area contributed by atoms with Gasteiger partial charge in [0.25, 0.3) is 11.8 Å². The van der Waals surface area contributed by atoms with Crippen LogP contribution in [0.4, 0.5) is 23.2 Å². The first-order valence-corrected chi connectivity index (χ1v) is 10.0. The first kappa shape index (κ1) is 22.6. The van der Waals surface area contributed by atoms with E-state index >= 15 is 0 Å². The highest BCUT2D eigenvalue weighted by molar-refractivity contribution is 7.80. The van der Waals surface area contributed by atoms with Crippen molar-refractivity contribution in [3.8, 4) is 6.07 Å². The first-order valence-electron chi connectivity index (χ1n) is 9.63. The van der Waals surface area contributed by atoms with Crippen LogP contribution in [-0.2, 0) is 10.2 Å². The second-order valence-corrected chi connectivity index (χ2v) is 8.03. The number of rotatable bonds is 3. The van der Waals surface area contributed by atoms with Crippen LogP contribution in [0.1, 0.15) is 34.3 Å². The second kappa shape index (κ2) is 7.48. The molecule has 7 nitrogen and oxygen atoms in total. The van der Waals surface area contributed by atoms with Crippen LogP contribution in [0.25, 0.3) is 0 Å². The van der Waals surface area contributed by atoms with E-state index in [4.69, 9.17) is 12.2 Å². The largest absolute Gasteiger partial charge is 0.401 e. The van der Waals surface area contributed by atoms with E-state index in [0.29, 0.717) is 0 Å². The number of thiocarbonyl (C=S) groups is 1. The molecule has 1 aromatic carbocycles. The molecule has 1 aliphatic heterocycles. The number of nitriles is 1. The Balaban J connectivity index is 2.01. The van der Waals surface area contributed by atoms with Crippen molar-refractivity contribution in [3.63, 3.8) is 0 Å². The van der Waals surface area contributed by atoms with Crippen molar-refractivity contribution < 1.29 is 27.2 Å². The average molecular weight is 477 g/mol. The third-order valence-corrected chi connectivity index (χ3v) is 6.58. The molecule has 2 amide bonds. The van der Waals surface area contributed by atoms with Crippen molar-refractivity contribution >= 4 is 34.8 Å². The van der Waals surface area contributed by atoms with Crippen LogP contribution in [-0.4, -0.2) is 40.7 Å². The van der Waals surface area contributed by atoms with E-state index in [9.17, 15) is 32.4 Å². The lowest BCUT2D eigenvalue weighted by atomic mass is 9.50. The van der Waals surface area contributed by atoms with Gasteiger partial charge in [0.15, 0.2) is 10.9 Å². The molecule has 2 aliphatic rings. The van der Waals surface area contributed by atoms with Gasteiger partial charge in [-0.05, 0) is 48.8 Å². The number of alkyl halides is 3. The van der Waals surface area contributed by atoms with Gasteiger partial charge >= 0.3 is 6.18 Å². The van der Waals surface area contributed by atoms with Gasteiger partial charge in [0.2, 0.25) is 0 Å². The molecule has 4 rings (SSSR count). The summed E-state index contributed by atoms with van der Waals surface area (Å²) in [5.74, 6) is -3.02. The Morgan fingerprint density at radius 2 is 2.09 bits per heavy atom. The van der Waals surface area contributed by atoms with Gasteiger partial charge in [-0.25, -0.2) is 4.39 Å². The minimum atomic E-state index is -4.90. The number of hydrogen-bond acceptors (Lipinski definition) is 5. The van der Waals surface area contributed by atoms with Gasteiger partial charge in [-0.15, -0.1) is 0 Å². The number of nitrogens with zero attached hydrogens (tertiary/aromatic N) is 3. The van der Waals surface area contributed by atoms with Crippen LogP contribution in [0.5, 0.6) is 0 Å². The van der Waals surface area contributed by atoms with Gasteiger partial charge in [-0.2, -0.15) is 18.4 Å². The molecule has 1 aliphatic carbocycles. The predicted octanol–water partition coefficient (Wildman–Crippen LogP) is 2.71. The second-order valence-electron chi connectivity index (χ2n) is 7.65. The number of anilines is 1. The third kappa shape index (κ3) is 2.85. The zero-order valence-corrected chi connectivity index (χ0v) is 17.8. The average Bonchev–Trinajstić information content (AvgIpc) is 3.04. The number of carbonyl (C=O) groups excluding carboxylic acids is 2. The van der Waals surface area contributed by atoms with Gasteiger partial charge in [-0.1, -0.05) is 6.07 Å². The normalized spacial score (nSPS) is 24.3. The molecule has 12 heteroatoms. The molecular formula is C21H15F4N5O2S. The summed E-state index contributed by atoms with van der Waals surface area (Å²) in [6.07, 6.45) is -3.20. The lowest BCUT2D eigenvalue weighted by molar-refractivity contribution is -0.235. The van der Waals surface area contributed by atoms with E-state index in [0.717, 1.165) is 23.2 Å². The van der Waals surface area contributed by atoms with Gasteiger partial charge < -0.3 is 15.5 Å². The summed E-state index contributed by atoms with van der Waals surface area (Å²) in [6.45, 7) is 0. The van der Waals surface area contributed by atoms with Crippen molar-refractivity contribution in [2.45, 2.75) is 30.0 Å². The Labute approximate surface area is 190 Å². The minimum absolute atomic E-state index is 0.188. The van der Waals surface area contributed by atoms with Gasteiger partial charge in [-0.3, -0.25) is 14.6 Å². The van der Waals surface area contributed by atoms with Crippen LogP contribution in [0.3, 0.4) is 0 Å². The van der Waals surface area contributed by atoms with E-state index in [1.165, 1.54) is 25.4 Å². The number of aromatic nitrogens is 1. The smallest absolute Gasteiger partial charge is 0.355 e. The molecule has 1 aromatic heterocycles. The van der Waals surface area contributed by atoms with E-state index in [1.54, 1.807) is 6.07 Å². The zero-order valence-electron chi connectivity index (χ0n) is 17.0. The highest BCUT2D eigenvalue weighted by Crippen LogP contribution is 2.64. The van der Waals surface area contributed by atoms with E-state index in [2.05, 4.69) is 15.6 Å². The summed E-state index contributed by atoms with van der Waals surface area (Å²) in [5.41, 5.74) is -6.51. The van der Waals surface area contributed by atoms with Gasteiger partial charge in [0, 0.05) is 25.1 Å². The molecular weight excluding hydrogens is 462 g/mol. The standard InChI is InChI=1S/C21H15F4N5O2S/c1-27-16(31)14-8-13(7-11(9-26)15(14)22)30-18(33)29-17(32)20(30)5-4-19(20,21(23,24)25)12-3-2-6-28-10-12/h2-3,6-8,10H,4-5H2,1H3,(H,27,31)(H,29,32,33). The number of benzene rings is 1. The van der Waals surface area contributed by atoms with Crippen molar-refractivity contribution in [2.75, 3.05) is 11.9 Å². The number of hydrogen-bond donors (Lipinski definition) is 2. The Hall–Kier alpha value is -3.59. The lowest BCUT2D eigenvalue weighted by Gasteiger charge is -2.59. The van der Waals surface area contributed by atoms with Crippen molar-refractivity contribution in [2.24, 2.45) is 0 Å². The van der Waals surface area contributed by atoms with E-state index in [1.807, 2.05) is 0 Å². The van der Waals surface area contributed by atoms with Crippen LogP contribution in [0, 0.1) is 17.1 Å². The fourth-order valence-electron chi connectivity index (χ4n) is 4.75. The van der Waals surface area contributed by atoms with Crippen molar-refractivity contribution in [3.05, 3.63) is 59.2 Å². The zero-order chi connectivity index (χ0) is 24.2. The predicted molar refractivity (Wildman–Crippen MR) is 112 cm³/mol. The van der Waals surface area contributed by atoms with E-state index in [-0.39, 0.29) is 22.8 Å². The number of halogens is 4. The maximum atomic E-state index is 14.7. The van der Waals surface area contributed by atoms with Crippen molar-refractivity contribution in [1.82, 2.24) is 15.6 Å². The highest BCUT2D eigenvalue weighted by atomic mass is 32.1. The molecule has 1 saturated heterocycles. The maximum Gasteiger partial charge on any atom is 0.401 e. The molecule has 2 N–H and O–H groups in total. The first-order chi connectivity index (χ1) is 15.5. The van der Waals surface area contributed by atoms with Crippen LogP contribution >= 0.6 is 12.2 Å². The molecule has 1 saturated carbocycles. The van der Waals surface area contributed by atoms with Gasteiger partial charge in [0.05, 0.1) is 11.1 Å². The molecule has 2 heterocycles. The fourth-order valence-corrected chi connectivity index (χ4v) is 5.10. The lowest BCUT2D eigenvalue weighted by Crippen LogP contribution is -2.76. The number of nitrogens with one attached hydrogen (secondary N) is 2. The van der Waals surface area contributed by atoms with Crippen LogP contribution in [0.2, 0.25) is 0 Å². The quantitative estimate of drug-likeness (QED) is 0.521. The minimum Gasteiger partial charge on any atom is -0.355 e. The summed E-state index contributed by atoms with van der Waals surface area (Å²) in [7, 11) is 1.23. The fraction of sp³-hybridized carbons (Fsp3) is 0.286. The summed E-state index contributed by atoms with van der Waals surface area (Å²) in [4.78, 5) is 30.1. The number of amides is 2. The molecule has 170 valence electrons. The molecule has 2 aromatic rings. The van der Waals surface area contributed by atoms with E-state index < -0.39 is 52.3 Å². The Kier molecular flexibility index (Phi) is 5.12. The Morgan fingerprint density at radius 1 is 1.36 bits per heavy atom. The number of pyridine rings is 1. The Bertz CT molecular complexity index is 1230. The highest BCUT2D eigenvalue weighted by Gasteiger charge is 2.80. The molecule has 2 fully saturated rings. The molecule has 1 spiro atoms. The Morgan fingerprint density at radius 3 is 2.61 bits per heavy atom. The topological polar surface area (TPSA) is 98.1 Å². The summed E-state index contributed by atoms with van der Waals surface area (Å²) in [6, 6.07) is 6.10. The van der Waals surface area contributed by atoms with Crippen molar-refractivity contribution in [1.29, 1.82) is 5.26 Å². The molecule has 2 atom stereocenters. The molecule has 0 bridgehead atoms. The molecule has 33 heavy (non-hydrogen) atoms. The third-order valence-electron chi connectivity index (χ3n) is 6.29. The molecule has 0 radical (unpaired) electrons. The number of carbonyl (C=O) groups is 2. The van der Waals surface area contributed by atoms with Crippen LogP contribution in [0.15, 0.2) is 36.7 Å². The molecule has 2 unspecified atom stereocenters. The van der Waals surface area contributed by atoms with Crippen LogP contribution < -0.4 is 15.5 Å². The SMILES string of the molecule is CNC(=O)c1cc(N2C(=S)NC(=O)C23CCC3(c2cccnc2)C(F)(F)F)cc(C#N)c1F. The summed E-state index contributed by atoms with van der Waals surface area (Å²) < 4.78 is 58.9. The summed E-state index contributed by atoms with van der Waals surface area (Å²) >= 11 is 5.21. The van der Waals surface area contributed by atoms with Gasteiger partial charge in [0.1, 0.15) is 17.0 Å². The monoisotopic (exact) mass is 477 g/mol. The summed E-state index contributed by atoms with van der Waals surface area (Å²) in [5, 5.41) is 13.5.